The van der Waals surface area contributed by atoms with Crippen LogP contribution in [0.5, 0.6) is 0 Å². The van der Waals surface area contributed by atoms with Gasteiger partial charge in [0, 0.05) is 12.8 Å². The Morgan fingerprint density at radius 3 is 1.28 bits per heavy atom. The molecular weight excluding hydrogens is 913 g/mol. The number of unbranched alkanes of at least 4 members (excludes halogenated alkanes) is 23. The predicted octanol–water partition coefficient (Wildman–Crippen LogP) is 8.51. The van der Waals surface area contributed by atoms with E-state index < -0.39 is 91.3 Å². The number of phosphoric ester groups is 3. The molecule has 0 aliphatic heterocycles. The van der Waals surface area contributed by atoms with Gasteiger partial charge in [0.15, 0.2) is 6.10 Å². The Balaban J connectivity index is 2.74. The van der Waals surface area contributed by atoms with Crippen molar-refractivity contribution in [2.45, 2.75) is 236 Å². The lowest BCUT2D eigenvalue weighted by molar-refractivity contribution is -0.213. The number of rotatable bonds is 41. The molecule has 1 rings (SSSR count). The highest BCUT2D eigenvalue weighted by atomic mass is 31.2. The quantitative estimate of drug-likeness (QED) is 0.0123. The Kier molecular flexibility index (Phi) is 34.2. The number of aliphatic hydroxyl groups excluding tert-OH is 3. The molecule has 0 radical (unpaired) electrons. The second kappa shape index (κ2) is 35.9. The molecule has 384 valence electrons. The van der Waals surface area contributed by atoms with Crippen molar-refractivity contribution in [3.63, 3.8) is 0 Å². The van der Waals surface area contributed by atoms with Crippen LogP contribution in [0, 0.1) is 0 Å². The highest BCUT2D eigenvalue weighted by Crippen LogP contribution is 2.51. The van der Waals surface area contributed by atoms with Crippen molar-refractivity contribution in [2.24, 2.45) is 0 Å². The summed E-state index contributed by atoms with van der Waals surface area (Å²) < 4.78 is 65.4. The van der Waals surface area contributed by atoms with Crippen molar-refractivity contribution < 1.29 is 90.6 Å². The third kappa shape index (κ3) is 32.4. The number of ether oxygens (including phenoxy) is 2. The van der Waals surface area contributed by atoms with Gasteiger partial charge >= 0.3 is 35.4 Å². The van der Waals surface area contributed by atoms with Crippen molar-refractivity contribution in [3.8, 4) is 0 Å². The summed E-state index contributed by atoms with van der Waals surface area (Å²) in [7, 11) is -16.6. The van der Waals surface area contributed by atoms with Crippen LogP contribution in [0.25, 0.3) is 0 Å². The second-order valence-electron chi connectivity index (χ2n) is 17.0. The largest absolute Gasteiger partial charge is 0.472 e. The molecule has 65 heavy (non-hydrogen) atoms. The third-order valence-corrected chi connectivity index (χ3v) is 13.1. The molecular formula is C43H83O19P3. The summed E-state index contributed by atoms with van der Waals surface area (Å²) in [5.74, 6) is -1.30. The highest BCUT2D eigenvalue weighted by Gasteiger charge is 2.56. The third-order valence-electron chi connectivity index (χ3n) is 11.1. The monoisotopic (exact) mass is 996 g/mol. The molecule has 8 N–H and O–H groups in total. The van der Waals surface area contributed by atoms with Gasteiger partial charge in [-0.2, -0.15) is 0 Å². The van der Waals surface area contributed by atoms with Crippen molar-refractivity contribution in [3.05, 3.63) is 12.2 Å². The maximum Gasteiger partial charge on any atom is 0.472 e. The summed E-state index contributed by atoms with van der Waals surface area (Å²) in [5, 5.41) is 31.9. The summed E-state index contributed by atoms with van der Waals surface area (Å²) in [6.45, 7) is 2.94. The molecule has 0 bridgehead atoms. The van der Waals surface area contributed by atoms with E-state index in [0.29, 0.717) is 12.8 Å². The lowest BCUT2D eigenvalue weighted by Crippen LogP contribution is -2.65. The number of aliphatic hydroxyl groups is 3. The van der Waals surface area contributed by atoms with E-state index in [1.165, 1.54) is 89.9 Å². The fourth-order valence-electron chi connectivity index (χ4n) is 7.46. The average molecular weight is 997 g/mol. The van der Waals surface area contributed by atoms with Crippen molar-refractivity contribution >= 4 is 35.4 Å². The SMILES string of the molecule is CCCCCCCC/C=C\CCCCCCCC(=O)O[C@H](COC(=O)CCCCCCCCCCCCCCC)COP(=O)(O)O[C@H]1C(O)C(OP(=O)(O)O)C(OP(=O)(O)O)[C@@H](O)C1O. The van der Waals surface area contributed by atoms with Crippen LogP contribution in [-0.4, -0.2) is 108 Å². The maximum atomic E-state index is 13.1. The van der Waals surface area contributed by atoms with Gasteiger partial charge in [0.25, 0.3) is 0 Å². The number of allylic oxidation sites excluding steroid dienone is 2. The lowest BCUT2D eigenvalue weighted by Gasteiger charge is -2.44. The molecule has 22 heteroatoms. The first-order valence-electron chi connectivity index (χ1n) is 24.0. The molecule has 1 fully saturated rings. The highest BCUT2D eigenvalue weighted by molar-refractivity contribution is 7.47. The van der Waals surface area contributed by atoms with Gasteiger partial charge in [0.2, 0.25) is 0 Å². The minimum atomic E-state index is -5.60. The molecule has 0 aromatic carbocycles. The first kappa shape index (κ1) is 61.9. The Labute approximate surface area is 386 Å². The topological polar surface area (TPSA) is 303 Å². The molecule has 8 atom stereocenters. The van der Waals surface area contributed by atoms with Gasteiger partial charge in [-0.3, -0.25) is 27.7 Å². The number of phosphoric acid groups is 3. The summed E-state index contributed by atoms with van der Waals surface area (Å²) in [5.41, 5.74) is 0. The van der Waals surface area contributed by atoms with Gasteiger partial charge in [0.1, 0.15) is 43.2 Å². The van der Waals surface area contributed by atoms with Crippen LogP contribution in [0.4, 0.5) is 0 Å². The number of carbonyl (C=O) groups is 2. The molecule has 0 spiro atoms. The Morgan fingerprint density at radius 2 is 0.846 bits per heavy atom. The second-order valence-corrected chi connectivity index (χ2v) is 20.8. The minimum absolute atomic E-state index is 0.00793. The summed E-state index contributed by atoms with van der Waals surface area (Å²) >= 11 is 0. The van der Waals surface area contributed by atoms with E-state index >= 15 is 0 Å². The fraction of sp³-hybridized carbons (Fsp3) is 0.907. The van der Waals surface area contributed by atoms with Crippen molar-refractivity contribution in [1.29, 1.82) is 0 Å². The Morgan fingerprint density at radius 1 is 0.477 bits per heavy atom. The van der Waals surface area contributed by atoms with Gasteiger partial charge < -0.3 is 49.3 Å². The average Bonchev–Trinajstić information content (AvgIpc) is 3.23. The van der Waals surface area contributed by atoms with Crippen LogP contribution in [0.1, 0.15) is 194 Å². The minimum Gasteiger partial charge on any atom is -0.462 e. The van der Waals surface area contributed by atoms with E-state index in [-0.39, 0.29) is 12.8 Å². The first-order valence-corrected chi connectivity index (χ1v) is 28.5. The standard InChI is InChI=1S/C43H83O19P3/c1-3-5-7-9-11-13-15-17-18-20-22-24-26-28-30-32-37(45)59-35(33-57-36(44)31-29-27-25-23-21-19-16-14-12-10-8-6-4-2)34-58-65(55,56)62-41-38(46)39(47)42(60-63(49,50)51)43(40(41)48)61-64(52,53)54/h17-18,35,38-43,46-48H,3-16,19-34H2,1-2H3,(H,55,56)(H2,49,50,51)(H2,52,53,54)/b18-17-/t35-,38?,39+,40?,41-,42?,43?/m1/s1. The van der Waals surface area contributed by atoms with Gasteiger partial charge in [-0.25, -0.2) is 13.7 Å². The van der Waals surface area contributed by atoms with Crippen LogP contribution < -0.4 is 0 Å². The molecule has 0 aromatic rings. The molecule has 5 unspecified atom stereocenters. The molecule has 0 heterocycles. The fourth-order valence-corrected chi connectivity index (χ4v) is 9.56. The van der Waals surface area contributed by atoms with E-state index in [9.17, 15) is 63.1 Å². The number of hydrogen-bond acceptors (Lipinski definition) is 14. The molecule has 0 amide bonds. The molecule has 1 aliphatic carbocycles. The van der Waals surface area contributed by atoms with E-state index in [2.05, 4.69) is 35.0 Å². The maximum absolute atomic E-state index is 13.1. The molecule has 0 saturated heterocycles. The van der Waals surface area contributed by atoms with E-state index in [0.717, 1.165) is 64.2 Å². The zero-order chi connectivity index (χ0) is 48.6. The van der Waals surface area contributed by atoms with Gasteiger partial charge in [-0.15, -0.1) is 0 Å². The zero-order valence-electron chi connectivity index (χ0n) is 38.8. The van der Waals surface area contributed by atoms with Gasteiger partial charge in [-0.05, 0) is 38.5 Å². The summed E-state index contributed by atoms with van der Waals surface area (Å²) in [4.78, 5) is 73.1. The van der Waals surface area contributed by atoms with Crippen LogP contribution in [0.2, 0.25) is 0 Å². The van der Waals surface area contributed by atoms with E-state index in [4.69, 9.17) is 18.5 Å². The van der Waals surface area contributed by atoms with Gasteiger partial charge in [-0.1, -0.05) is 154 Å². The van der Waals surface area contributed by atoms with Crippen molar-refractivity contribution in [1.82, 2.24) is 0 Å². The number of hydrogen-bond donors (Lipinski definition) is 8. The lowest BCUT2D eigenvalue weighted by atomic mass is 9.85. The zero-order valence-corrected chi connectivity index (χ0v) is 41.5. The van der Waals surface area contributed by atoms with Crippen LogP contribution in [0.3, 0.4) is 0 Å². The van der Waals surface area contributed by atoms with Crippen molar-refractivity contribution in [2.75, 3.05) is 13.2 Å². The number of carbonyl (C=O) groups excluding carboxylic acids is 2. The summed E-state index contributed by atoms with van der Waals surface area (Å²) in [6, 6.07) is 0. The van der Waals surface area contributed by atoms with E-state index in [1.54, 1.807) is 0 Å². The molecule has 1 saturated carbocycles. The molecule has 19 nitrogen and oxygen atoms in total. The van der Waals surface area contributed by atoms with Crippen LogP contribution in [-0.2, 0) is 50.9 Å². The predicted molar refractivity (Wildman–Crippen MR) is 243 cm³/mol. The summed E-state index contributed by atoms with van der Waals surface area (Å²) in [6.07, 6.45) is 16.6. The van der Waals surface area contributed by atoms with E-state index in [1.807, 2.05) is 0 Å². The molecule has 1 aliphatic rings. The van der Waals surface area contributed by atoms with Crippen LogP contribution >= 0.6 is 23.5 Å². The molecule has 0 aromatic heterocycles. The first-order chi connectivity index (χ1) is 30.8. The smallest absolute Gasteiger partial charge is 0.462 e. The Hall–Kier alpha value is -1.11. The normalized spacial score (nSPS) is 21.9. The van der Waals surface area contributed by atoms with Gasteiger partial charge in [0.05, 0.1) is 6.61 Å². The van der Waals surface area contributed by atoms with Crippen LogP contribution in [0.15, 0.2) is 12.2 Å². The Bertz CT molecular complexity index is 1420. The number of esters is 2.